The SMILES string of the molecule is O=c1[nH]c2cc3c(cc2cc1CN(Cc1ccccc1)Cc1nnnn1C1CCCC1)OCO3. The first-order chi connectivity index (χ1) is 16.7. The fourth-order valence-corrected chi connectivity index (χ4v) is 4.96. The summed E-state index contributed by atoms with van der Waals surface area (Å²) in [5, 5.41) is 13.5. The number of nitrogens with one attached hydrogen (secondary N) is 1. The van der Waals surface area contributed by atoms with Crippen LogP contribution in [0.5, 0.6) is 11.5 Å². The molecule has 6 rings (SSSR count). The highest BCUT2D eigenvalue weighted by atomic mass is 16.7. The van der Waals surface area contributed by atoms with Crippen LogP contribution in [-0.2, 0) is 19.6 Å². The molecule has 34 heavy (non-hydrogen) atoms. The lowest BCUT2D eigenvalue weighted by atomic mass is 10.1. The molecule has 1 N–H and O–H groups in total. The first-order valence-corrected chi connectivity index (χ1v) is 11.7. The monoisotopic (exact) mass is 458 g/mol. The van der Waals surface area contributed by atoms with Gasteiger partial charge >= 0.3 is 0 Å². The van der Waals surface area contributed by atoms with Gasteiger partial charge in [0.2, 0.25) is 6.79 Å². The standard InChI is InChI=1S/C25H26N6O3/c32-25-19(10-18-11-22-23(34-16-33-22)12-21(18)26-25)14-30(13-17-6-2-1-3-7-17)15-24-27-28-29-31(24)20-8-4-5-9-20/h1-3,6-7,10-12,20H,4-5,8-9,13-16H2,(H,26,32). The lowest BCUT2D eigenvalue weighted by Gasteiger charge is -2.23. The Bertz CT molecular complexity index is 1360. The molecule has 0 spiro atoms. The van der Waals surface area contributed by atoms with Crippen LogP contribution in [0.1, 0.15) is 48.7 Å². The third kappa shape index (κ3) is 4.14. The molecule has 9 nitrogen and oxygen atoms in total. The van der Waals surface area contributed by atoms with Crippen molar-refractivity contribution in [1.82, 2.24) is 30.1 Å². The summed E-state index contributed by atoms with van der Waals surface area (Å²) in [7, 11) is 0. The molecule has 0 bridgehead atoms. The predicted molar refractivity (Wildman–Crippen MR) is 125 cm³/mol. The number of aromatic amines is 1. The number of tetrazole rings is 1. The second kappa shape index (κ2) is 8.90. The van der Waals surface area contributed by atoms with Gasteiger partial charge < -0.3 is 14.5 Å². The summed E-state index contributed by atoms with van der Waals surface area (Å²) in [5.74, 6) is 2.19. The zero-order chi connectivity index (χ0) is 22.9. The molecular formula is C25H26N6O3. The summed E-state index contributed by atoms with van der Waals surface area (Å²) >= 11 is 0. The third-order valence-corrected chi connectivity index (χ3v) is 6.65. The molecule has 174 valence electrons. The van der Waals surface area contributed by atoms with Gasteiger partial charge in [-0.25, -0.2) is 4.68 Å². The number of hydrogen-bond donors (Lipinski definition) is 1. The first-order valence-electron chi connectivity index (χ1n) is 11.7. The molecular weight excluding hydrogens is 432 g/mol. The fourth-order valence-electron chi connectivity index (χ4n) is 4.96. The van der Waals surface area contributed by atoms with Crippen LogP contribution in [0.25, 0.3) is 10.9 Å². The normalized spacial score (nSPS) is 15.6. The van der Waals surface area contributed by atoms with Crippen LogP contribution in [0.3, 0.4) is 0 Å². The minimum Gasteiger partial charge on any atom is -0.454 e. The van der Waals surface area contributed by atoms with E-state index in [0.717, 1.165) is 29.6 Å². The number of benzene rings is 2. The van der Waals surface area contributed by atoms with Gasteiger partial charge in [0.05, 0.1) is 18.1 Å². The molecule has 0 amide bonds. The van der Waals surface area contributed by atoms with Crippen LogP contribution in [-0.4, -0.2) is 36.9 Å². The summed E-state index contributed by atoms with van der Waals surface area (Å²) in [6.07, 6.45) is 4.64. The minimum atomic E-state index is -0.111. The van der Waals surface area contributed by atoms with Gasteiger partial charge in [-0.2, -0.15) is 0 Å². The highest BCUT2D eigenvalue weighted by molar-refractivity contribution is 5.83. The number of rotatable bonds is 7. The molecule has 2 aromatic carbocycles. The van der Waals surface area contributed by atoms with Crippen molar-refractivity contribution < 1.29 is 9.47 Å². The van der Waals surface area contributed by atoms with Crippen molar-refractivity contribution in [3.63, 3.8) is 0 Å². The number of ether oxygens (including phenoxy) is 2. The molecule has 1 aliphatic heterocycles. The van der Waals surface area contributed by atoms with E-state index in [1.54, 1.807) is 0 Å². The van der Waals surface area contributed by atoms with Crippen molar-refractivity contribution in [2.24, 2.45) is 0 Å². The van der Waals surface area contributed by atoms with Gasteiger partial charge in [-0.05, 0) is 41.0 Å². The van der Waals surface area contributed by atoms with Gasteiger partial charge in [0.25, 0.3) is 5.56 Å². The van der Waals surface area contributed by atoms with Gasteiger partial charge in [0.15, 0.2) is 17.3 Å². The average molecular weight is 459 g/mol. The van der Waals surface area contributed by atoms with Crippen molar-refractivity contribution in [3.05, 3.63) is 75.8 Å². The predicted octanol–water partition coefficient (Wildman–Crippen LogP) is 3.56. The summed E-state index contributed by atoms with van der Waals surface area (Å²) in [6, 6.07) is 16.3. The average Bonchev–Trinajstić information content (AvgIpc) is 3.60. The highest BCUT2D eigenvalue weighted by Gasteiger charge is 2.23. The maximum absolute atomic E-state index is 13.0. The number of aromatic nitrogens is 5. The lowest BCUT2D eigenvalue weighted by Crippen LogP contribution is -2.28. The van der Waals surface area contributed by atoms with Crippen molar-refractivity contribution in [1.29, 1.82) is 0 Å². The molecule has 3 heterocycles. The van der Waals surface area contributed by atoms with Crippen LogP contribution in [0.2, 0.25) is 0 Å². The summed E-state index contributed by atoms with van der Waals surface area (Å²) in [6.45, 7) is 1.89. The lowest BCUT2D eigenvalue weighted by molar-refractivity contribution is 0.174. The Labute approximate surface area is 196 Å². The quantitative estimate of drug-likeness (QED) is 0.452. The largest absolute Gasteiger partial charge is 0.454 e. The third-order valence-electron chi connectivity index (χ3n) is 6.65. The number of fused-ring (bicyclic) bond motifs is 2. The van der Waals surface area contributed by atoms with E-state index in [2.05, 4.69) is 37.5 Å². The maximum atomic E-state index is 13.0. The molecule has 4 aromatic rings. The van der Waals surface area contributed by atoms with E-state index < -0.39 is 0 Å². The smallest absolute Gasteiger partial charge is 0.252 e. The van der Waals surface area contributed by atoms with Crippen LogP contribution < -0.4 is 15.0 Å². The molecule has 0 atom stereocenters. The summed E-state index contributed by atoms with van der Waals surface area (Å²) in [5.41, 5.74) is 2.47. The van der Waals surface area contributed by atoms with Crippen molar-refractivity contribution in [2.45, 2.75) is 51.4 Å². The second-order valence-electron chi connectivity index (χ2n) is 9.03. The maximum Gasteiger partial charge on any atom is 0.252 e. The van der Waals surface area contributed by atoms with Gasteiger partial charge in [0.1, 0.15) is 0 Å². The number of nitrogens with zero attached hydrogens (tertiary/aromatic N) is 5. The number of pyridine rings is 1. The number of H-pyrrole nitrogens is 1. The van der Waals surface area contributed by atoms with Crippen molar-refractivity contribution >= 4 is 10.9 Å². The molecule has 1 fully saturated rings. The molecule has 0 saturated heterocycles. The van der Waals surface area contributed by atoms with E-state index in [0.29, 0.717) is 42.7 Å². The number of hydrogen-bond acceptors (Lipinski definition) is 7. The summed E-state index contributed by atoms with van der Waals surface area (Å²) < 4.78 is 12.9. The van der Waals surface area contributed by atoms with E-state index in [1.165, 1.54) is 18.4 Å². The fraction of sp³-hybridized carbons (Fsp3) is 0.360. The molecule has 0 unspecified atom stereocenters. The van der Waals surface area contributed by atoms with E-state index in [9.17, 15) is 4.79 Å². The Balaban J connectivity index is 1.32. The zero-order valence-corrected chi connectivity index (χ0v) is 18.8. The van der Waals surface area contributed by atoms with Gasteiger partial charge in [0, 0.05) is 30.1 Å². The van der Waals surface area contributed by atoms with Gasteiger partial charge in [-0.1, -0.05) is 43.2 Å². The van der Waals surface area contributed by atoms with E-state index in [-0.39, 0.29) is 12.4 Å². The second-order valence-corrected chi connectivity index (χ2v) is 9.03. The Morgan fingerprint density at radius 2 is 1.79 bits per heavy atom. The van der Waals surface area contributed by atoms with Crippen molar-refractivity contribution in [2.75, 3.05) is 6.79 Å². The first kappa shape index (κ1) is 20.9. The van der Waals surface area contributed by atoms with Gasteiger partial charge in [-0.3, -0.25) is 9.69 Å². The van der Waals surface area contributed by atoms with Crippen LogP contribution in [0.15, 0.2) is 53.3 Å². The topological polar surface area (TPSA) is 98.2 Å². The highest BCUT2D eigenvalue weighted by Crippen LogP contribution is 2.35. The van der Waals surface area contributed by atoms with Gasteiger partial charge in [-0.15, -0.1) is 5.10 Å². The van der Waals surface area contributed by atoms with E-state index >= 15 is 0 Å². The molecule has 2 aliphatic rings. The van der Waals surface area contributed by atoms with Crippen LogP contribution in [0, 0.1) is 0 Å². The Kier molecular flexibility index (Phi) is 5.46. The molecule has 1 aliphatic carbocycles. The minimum absolute atomic E-state index is 0.111. The van der Waals surface area contributed by atoms with Crippen LogP contribution in [0.4, 0.5) is 0 Å². The van der Waals surface area contributed by atoms with Crippen LogP contribution >= 0.6 is 0 Å². The Morgan fingerprint density at radius 1 is 1.00 bits per heavy atom. The molecule has 0 radical (unpaired) electrons. The zero-order valence-electron chi connectivity index (χ0n) is 18.8. The van der Waals surface area contributed by atoms with E-state index in [4.69, 9.17) is 9.47 Å². The Morgan fingerprint density at radius 3 is 2.62 bits per heavy atom. The summed E-state index contributed by atoms with van der Waals surface area (Å²) in [4.78, 5) is 18.2. The van der Waals surface area contributed by atoms with E-state index in [1.807, 2.05) is 41.1 Å². The molecule has 2 aromatic heterocycles. The molecule has 1 saturated carbocycles. The molecule has 9 heteroatoms. The Hall–Kier alpha value is -3.72. The van der Waals surface area contributed by atoms with Crippen molar-refractivity contribution in [3.8, 4) is 11.5 Å².